The highest BCUT2D eigenvalue weighted by Crippen LogP contribution is 2.36. The summed E-state index contributed by atoms with van der Waals surface area (Å²) in [5.74, 6) is 0.521. The molecule has 0 unspecified atom stereocenters. The molecule has 2 bridgehead atoms. The van der Waals surface area contributed by atoms with Gasteiger partial charge in [-0.05, 0) is 30.5 Å². The van der Waals surface area contributed by atoms with E-state index in [4.69, 9.17) is 4.74 Å². The Hall–Kier alpha value is -3.73. The molecule has 2 aliphatic rings. The number of hydrogen-bond acceptors (Lipinski definition) is 7. The zero-order valence-corrected chi connectivity index (χ0v) is 18.7. The van der Waals surface area contributed by atoms with E-state index in [0.29, 0.717) is 31.1 Å². The van der Waals surface area contributed by atoms with Crippen LogP contribution in [0.15, 0.2) is 47.3 Å². The number of para-hydroxylation sites is 2. The third kappa shape index (κ3) is 4.07. The summed E-state index contributed by atoms with van der Waals surface area (Å²) in [6.45, 7) is 1.61. The number of likely N-dealkylation sites (tertiary alicyclic amines) is 1. The average Bonchev–Trinajstić information content (AvgIpc) is 3.27. The molecular weight excluding hydrogens is 444 g/mol. The molecule has 1 saturated heterocycles. The molecule has 33 heavy (non-hydrogen) atoms. The van der Waals surface area contributed by atoms with Gasteiger partial charge in [0.15, 0.2) is 10.7 Å². The summed E-state index contributed by atoms with van der Waals surface area (Å²) in [5, 5.41) is 9.66. The fraction of sp³-hybridized carbons (Fsp3) is 0.318. The quantitative estimate of drug-likeness (QED) is 0.610. The van der Waals surface area contributed by atoms with E-state index in [1.54, 1.807) is 41.3 Å². The number of nitrogens with zero attached hydrogens (tertiary/aromatic N) is 4. The molecule has 10 nitrogen and oxygen atoms in total. The Morgan fingerprint density at radius 1 is 1.09 bits per heavy atom. The van der Waals surface area contributed by atoms with Crippen LogP contribution < -0.4 is 20.9 Å². The second kappa shape index (κ2) is 8.66. The van der Waals surface area contributed by atoms with Crippen LogP contribution in [0, 0.1) is 5.92 Å². The van der Waals surface area contributed by atoms with Gasteiger partial charge in [-0.3, -0.25) is 14.9 Å². The number of fused-ring (bicyclic) bond motifs is 4. The Kier molecular flexibility index (Phi) is 5.55. The van der Waals surface area contributed by atoms with E-state index in [1.807, 2.05) is 10.6 Å². The molecule has 2 aromatic heterocycles. The van der Waals surface area contributed by atoms with Crippen molar-refractivity contribution in [1.29, 1.82) is 0 Å². The summed E-state index contributed by atoms with van der Waals surface area (Å²) >= 11 is 0.945. The number of aromatic nitrogens is 3. The number of hydrogen-bond donors (Lipinski definition) is 2. The number of carbonyl (C=O) groups is 2. The van der Waals surface area contributed by atoms with Gasteiger partial charge in [0.05, 0.1) is 12.8 Å². The topological polar surface area (TPSA) is 118 Å². The van der Waals surface area contributed by atoms with E-state index in [2.05, 4.69) is 20.2 Å². The van der Waals surface area contributed by atoms with Crippen molar-refractivity contribution < 1.29 is 14.3 Å². The number of piperidine rings is 1. The number of ether oxygens (including phenoxy) is 1. The number of benzene rings is 1. The van der Waals surface area contributed by atoms with Crippen LogP contribution in [0.4, 0.5) is 15.5 Å². The molecule has 0 aliphatic carbocycles. The molecule has 3 amide bonds. The lowest BCUT2D eigenvalue weighted by Crippen LogP contribution is -2.49. The number of pyridine rings is 1. The van der Waals surface area contributed by atoms with Crippen molar-refractivity contribution in [2.45, 2.75) is 18.9 Å². The van der Waals surface area contributed by atoms with E-state index < -0.39 is 6.03 Å². The monoisotopic (exact) mass is 466 g/mol. The lowest BCUT2D eigenvalue weighted by atomic mass is 9.83. The van der Waals surface area contributed by atoms with E-state index in [0.717, 1.165) is 23.6 Å². The van der Waals surface area contributed by atoms with Gasteiger partial charge in [-0.25, -0.2) is 4.79 Å². The lowest BCUT2D eigenvalue weighted by molar-refractivity contribution is 0.0590. The number of methoxy groups -OCH3 is 1. The first-order valence-corrected chi connectivity index (χ1v) is 11.3. The molecule has 5 rings (SSSR count). The molecular formula is C22H22N6O4S. The van der Waals surface area contributed by atoms with Crippen LogP contribution in [-0.2, 0) is 6.54 Å². The molecule has 2 atom stereocenters. The van der Waals surface area contributed by atoms with Gasteiger partial charge in [0.2, 0.25) is 0 Å². The molecule has 0 radical (unpaired) electrons. The molecule has 2 aliphatic heterocycles. The second-order valence-corrected chi connectivity index (χ2v) is 8.89. The predicted octanol–water partition coefficient (Wildman–Crippen LogP) is 2.61. The van der Waals surface area contributed by atoms with E-state index in [1.165, 1.54) is 7.11 Å². The largest absolute Gasteiger partial charge is 0.495 e. The minimum Gasteiger partial charge on any atom is -0.495 e. The highest BCUT2D eigenvalue weighted by Gasteiger charge is 2.37. The number of urea groups is 1. The van der Waals surface area contributed by atoms with Crippen molar-refractivity contribution >= 4 is 34.2 Å². The van der Waals surface area contributed by atoms with Crippen molar-refractivity contribution in [2.75, 3.05) is 30.8 Å². The van der Waals surface area contributed by atoms with Crippen LogP contribution in [0.25, 0.3) is 0 Å². The average molecular weight is 467 g/mol. The minimum absolute atomic E-state index is 0.00165. The van der Waals surface area contributed by atoms with Crippen molar-refractivity contribution in [1.82, 2.24) is 19.1 Å². The minimum atomic E-state index is -0.525. The maximum atomic E-state index is 13.3. The Balaban J connectivity index is 1.31. The van der Waals surface area contributed by atoms with E-state index >= 15 is 0 Å². The van der Waals surface area contributed by atoms with Crippen LogP contribution >= 0.6 is 11.5 Å². The number of anilines is 2. The maximum absolute atomic E-state index is 13.3. The third-order valence-electron chi connectivity index (χ3n) is 6.04. The van der Waals surface area contributed by atoms with Gasteiger partial charge in [0.1, 0.15) is 5.75 Å². The van der Waals surface area contributed by atoms with Crippen LogP contribution in [0.5, 0.6) is 5.75 Å². The van der Waals surface area contributed by atoms with Gasteiger partial charge in [0.25, 0.3) is 11.5 Å². The third-order valence-corrected chi connectivity index (χ3v) is 6.68. The second-order valence-electron chi connectivity index (χ2n) is 8.14. The SMILES string of the molecule is COc1ccccc1NC(=O)Nc1snnc1C(=O)N1C[C@@H]2C[C@H](C1)c1cccc(=O)n1C2. The van der Waals surface area contributed by atoms with Gasteiger partial charge >= 0.3 is 6.03 Å². The Morgan fingerprint density at radius 3 is 2.79 bits per heavy atom. The van der Waals surface area contributed by atoms with Gasteiger partial charge < -0.3 is 19.5 Å². The van der Waals surface area contributed by atoms with Crippen LogP contribution in [-0.4, -0.2) is 51.2 Å². The molecule has 1 aromatic carbocycles. The van der Waals surface area contributed by atoms with Crippen molar-refractivity contribution in [3.63, 3.8) is 0 Å². The Bertz CT molecular complexity index is 1270. The predicted molar refractivity (Wildman–Crippen MR) is 123 cm³/mol. The highest BCUT2D eigenvalue weighted by molar-refractivity contribution is 7.10. The molecule has 0 saturated carbocycles. The van der Waals surface area contributed by atoms with Gasteiger partial charge in [-0.1, -0.05) is 22.7 Å². The van der Waals surface area contributed by atoms with E-state index in [-0.39, 0.29) is 34.0 Å². The number of amides is 3. The first-order valence-electron chi connectivity index (χ1n) is 10.6. The first kappa shape index (κ1) is 21.1. The number of nitrogens with one attached hydrogen (secondary N) is 2. The fourth-order valence-corrected chi connectivity index (χ4v) is 5.19. The van der Waals surface area contributed by atoms with Crippen LogP contribution in [0.3, 0.4) is 0 Å². The van der Waals surface area contributed by atoms with Crippen LogP contribution in [0.1, 0.15) is 28.5 Å². The highest BCUT2D eigenvalue weighted by atomic mass is 32.1. The van der Waals surface area contributed by atoms with Gasteiger partial charge in [-0.2, -0.15) is 0 Å². The smallest absolute Gasteiger partial charge is 0.324 e. The van der Waals surface area contributed by atoms with E-state index in [9.17, 15) is 14.4 Å². The summed E-state index contributed by atoms with van der Waals surface area (Å²) in [6, 6.07) is 11.8. The lowest BCUT2D eigenvalue weighted by Gasteiger charge is -2.42. The Morgan fingerprint density at radius 2 is 1.94 bits per heavy atom. The molecule has 3 aromatic rings. The fourth-order valence-electron chi connectivity index (χ4n) is 4.63. The van der Waals surface area contributed by atoms with Gasteiger partial charge in [-0.15, -0.1) is 5.10 Å². The molecule has 4 heterocycles. The molecule has 1 fully saturated rings. The molecule has 2 N–H and O–H groups in total. The summed E-state index contributed by atoms with van der Waals surface area (Å²) in [6.07, 6.45) is 0.939. The van der Waals surface area contributed by atoms with Crippen molar-refractivity contribution in [3.05, 3.63) is 64.2 Å². The van der Waals surface area contributed by atoms with Crippen LogP contribution in [0.2, 0.25) is 0 Å². The van der Waals surface area contributed by atoms with Gasteiger partial charge in [0, 0.05) is 48.8 Å². The Labute approximate surface area is 193 Å². The summed E-state index contributed by atoms with van der Waals surface area (Å²) in [7, 11) is 1.52. The maximum Gasteiger partial charge on any atom is 0.324 e. The normalized spacial score (nSPS) is 18.9. The number of rotatable bonds is 4. The summed E-state index contributed by atoms with van der Waals surface area (Å²) in [4.78, 5) is 39.8. The summed E-state index contributed by atoms with van der Waals surface area (Å²) in [5.41, 5.74) is 1.57. The standard InChI is InChI=1S/C22H22N6O4S/c1-32-17-7-3-2-5-15(17)23-22(31)24-20-19(25-26-33-20)21(30)27-10-13-9-14(12-27)16-6-4-8-18(29)28(16)11-13/h2-8,13-14H,9-12H2,1H3,(H2,23,24,31)/t13-,14+/m0/s1. The molecule has 11 heteroatoms. The number of carbonyl (C=O) groups excluding carboxylic acids is 2. The molecule has 170 valence electrons. The zero-order chi connectivity index (χ0) is 22.9. The summed E-state index contributed by atoms with van der Waals surface area (Å²) < 4.78 is 10.9. The molecule has 0 spiro atoms. The van der Waals surface area contributed by atoms with Crippen molar-refractivity contribution in [3.8, 4) is 5.75 Å². The zero-order valence-electron chi connectivity index (χ0n) is 17.9. The van der Waals surface area contributed by atoms with Crippen molar-refractivity contribution in [2.24, 2.45) is 5.92 Å². The first-order chi connectivity index (χ1) is 16.0.